The van der Waals surface area contributed by atoms with Crippen molar-refractivity contribution in [2.45, 2.75) is 126 Å². The number of rotatable bonds is 24. The Morgan fingerprint density at radius 3 is 0.948 bits per heavy atom. The first-order valence-corrected chi connectivity index (χ1v) is 40.5. The van der Waals surface area contributed by atoms with Gasteiger partial charge < -0.3 is 62.1 Å². The van der Waals surface area contributed by atoms with E-state index in [1.807, 2.05) is 211 Å². The molecule has 0 unspecified atom stereocenters. The van der Waals surface area contributed by atoms with E-state index in [-0.39, 0.29) is 35.8 Å². The molecule has 27 nitrogen and oxygen atoms in total. The van der Waals surface area contributed by atoms with Gasteiger partial charge in [-0.05, 0) is 173 Å². The summed E-state index contributed by atoms with van der Waals surface area (Å²) in [6.45, 7) is 5.99. The fraction of sp³-hybridized carbons (Fsp3) is 0.326. The molecule has 116 heavy (non-hydrogen) atoms. The molecule has 3 atom stereocenters. The number of anilines is 3. The van der Waals surface area contributed by atoms with Crippen molar-refractivity contribution in [3.63, 3.8) is 0 Å². The first-order chi connectivity index (χ1) is 57.0. The van der Waals surface area contributed by atoms with Crippen LogP contribution in [0.3, 0.4) is 0 Å². The lowest BCUT2D eigenvalue weighted by molar-refractivity contribution is -0.128. The lowest BCUT2D eigenvalue weighted by Crippen LogP contribution is -2.40. The molecule has 0 radical (unpaired) electrons. The van der Waals surface area contributed by atoms with E-state index in [1.165, 1.54) is 83.2 Å². The SMILES string of the molecule is Nc1ncnc2c1c(-c1ccc(Oc3ccccc3)cc1)nn2[C@@H]1CCCN(C(=O)/C=C/CNC2CCC2)C1.Nc1ncnc2c1c(-c1ccc(Oc3ccccc3)cc1)nn2[C@@H]1CCN(C(=O)/C=C/CNC2CCC2)C1.Nc1ncnc2c1c(-c1ccc(Oc3ccccc3)cc1)nn2[C@@H]1CCN(C(=O)/C=C/CNC2CCCC2)C1. The van der Waals surface area contributed by atoms with Gasteiger partial charge in [0.05, 0.1) is 34.3 Å². The maximum atomic E-state index is 12.9. The zero-order valence-electron chi connectivity index (χ0n) is 64.9. The van der Waals surface area contributed by atoms with Gasteiger partial charge in [0.15, 0.2) is 16.9 Å². The van der Waals surface area contributed by atoms with Gasteiger partial charge in [-0.1, -0.05) is 98.5 Å². The van der Waals surface area contributed by atoms with Crippen molar-refractivity contribution < 1.29 is 28.6 Å². The Hall–Kier alpha value is -12.7. The maximum Gasteiger partial charge on any atom is 0.246 e. The summed E-state index contributed by atoms with van der Waals surface area (Å²) in [5, 5.41) is 27.5. The second kappa shape index (κ2) is 36.6. The van der Waals surface area contributed by atoms with Crippen LogP contribution < -0.4 is 47.4 Å². The van der Waals surface area contributed by atoms with E-state index in [4.69, 9.17) is 46.7 Å². The summed E-state index contributed by atoms with van der Waals surface area (Å²) in [6, 6.07) is 54.1. The third kappa shape index (κ3) is 18.4. The number of carbonyl (C=O) groups is 3. The molecule has 12 aromatic rings. The largest absolute Gasteiger partial charge is 0.457 e. The number of amides is 3. The van der Waals surface area contributed by atoms with Gasteiger partial charge in [-0.25, -0.2) is 43.9 Å². The Kier molecular flexibility index (Phi) is 24.4. The summed E-state index contributed by atoms with van der Waals surface area (Å²) in [5.41, 5.74) is 25.8. The van der Waals surface area contributed by atoms with E-state index < -0.39 is 0 Å². The smallest absolute Gasteiger partial charge is 0.246 e. The first kappa shape index (κ1) is 77.2. The Morgan fingerprint density at radius 1 is 0.345 bits per heavy atom. The van der Waals surface area contributed by atoms with E-state index in [0.717, 1.165) is 136 Å². The minimum atomic E-state index is -0.00422. The van der Waals surface area contributed by atoms with Gasteiger partial charge in [0, 0.05) is 112 Å². The molecule has 3 aliphatic carbocycles. The molecule has 27 heteroatoms. The second-order valence-electron chi connectivity index (χ2n) is 30.3. The highest BCUT2D eigenvalue weighted by molar-refractivity contribution is 6.00. The van der Waals surface area contributed by atoms with Gasteiger partial charge in [0.2, 0.25) is 17.7 Å². The van der Waals surface area contributed by atoms with E-state index in [2.05, 4.69) is 45.9 Å². The number of hydrogen-bond donors (Lipinski definition) is 6. The summed E-state index contributed by atoms with van der Waals surface area (Å²) in [7, 11) is 0. The van der Waals surface area contributed by atoms with Crippen LogP contribution in [0.4, 0.5) is 17.5 Å². The summed E-state index contributed by atoms with van der Waals surface area (Å²) in [6.07, 6.45) is 31.2. The molecule has 6 aromatic heterocycles. The molecule has 9 heterocycles. The number of nitrogen functional groups attached to an aromatic ring is 3. The topological polar surface area (TPSA) is 334 Å². The number of nitrogens with two attached hydrogens (primary N) is 3. The third-order valence-electron chi connectivity index (χ3n) is 22.5. The highest BCUT2D eigenvalue weighted by Gasteiger charge is 2.34. The van der Waals surface area contributed by atoms with Crippen molar-refractivity contribution in [2.75, 3.05) is 76.1 Å². The lowest BCUT2D eigenvalue weighted by atomic mass is 9.93. The Morgan fingerprint density at radius 2 is 0.638 bits per heavy atom. The van der Waals surface area contributed by atoms with E-state index in [9.17, 15) is 14.4 Å². The molecule has 594 valence electrons. The van der Waals surface area contributed by atoms with E-state index in [0.29, 0.717) is 85.2 Å². The molecule has 6 aliphatic rings. The van der Waals surface area contributed by atoms with Crippen molar-refractivity contribution in [3.05, 3.63) is 219 Å². The van der Waals surface area contributed by atoms with Crippen LogP contribution in [-0.2, 0) is 14.4 Å². The number of piperidine rings is 1. The number of nitrogens with zero attached hydrogens (tertiary/aromatic N) is 15. The molecule has 18 rings (SSSR count). The fourth-order valence-electron chi connectivity index (χ4n) is 15.8. The molecule has 0 spiro atoms. The van der Waals surface area contributed by atoms with Crippen LogP contribution in [0, 0.1) is 0 Å². The fourth-order valence-corrected chi connectivity index (χ4v) is 15.8. The van der Waals surface area contributed by atoms with Crippen LogP contribution in [0.15, 0.2) is 219 Å². The number of likely N-dealkylation sites (tertiary alicyclic amines) is 3. The number of nitrogens with one attached hydrogen (secondary N) is 3. The van der Waals surface area contributed by atoms with E-state index in [1.54, 1.807) is 18.2 Å². The highest BCUT2D eigenvalue weighted by atomic mass is 16.5. The van der Waals surface area contributed by atoms with Gasteiger partial charge in [0.25, 0.3) is 0 Å². The van der Waals surface area contributed by atoms with Gasteiger partial charge in [-0.15, -0.1) is 0 Å². The number of fused-ring (bicyclic) bond motifs is 3. The monoisotopic (exact) mass is 1560 g/mol. The quantitative estimate of drug-likeness (QED) is 0.0306. The number of aromatic nitrogens is 12. The van der Waals surface area contributed by atoms with Crippen LogP contribution in [0.5, 0.6) is 34.5 Å². The molecule has 6 fully saturated rings. The van der Waals surface area contributed by atoms with Gasteiger partial charge >= 0.3 is 0 Å². The highest BCUT2D eigenvalue weighted by Crippen LogP contribution is 2.40. The average Bonchev–Trinajstić information content (AvgIpc) is 1.60. The molecule has 3 saturated heterocycles. The lowest BCUT2D eigenvalue weighted by Gasteiger charge is -2.32. The molecular weight excluding hydrogens is 1460 g/mol. The zero-order chi connectivity index (χ0) is 79.1. The van der Waals surface area contributed by atoms with Crippen LogP contribution in [0.1, 0.15) is 108 Å². The van der Waals surface area contributed by atoms with Crippen molar-refractivity contribution in [3.8, 4) is 68.3 Å². The molecule has 3 aliphatic heterocycles. The number of carbonyl (C=O) groups excluding carboxylic acids is 3. The standard InChI is InChI=1S/2C30H33N7O2.C29H31N7O2/c31-29-27-28(21-13-15-25(16-14-21)39-24-10-2-1-3-11-24)35-37(30(27)34-20-33-29)23-9-6-18-36(19-23)26(38)12-5-17-32-22-7-4-8-22;31-29-27-28(21-12-14-25(15-13-21)39-24-9-2-1-3-10-24)35-37(30(27)34-20-33-29)23-16-18-36(19-23)26(38)11-6-17-32-22-7-4-5-8-22;30-28-26-27(20-11-13-24(14-12-20)38-23-8-2-1-3-9-23)34-36(29(26)33-19-32-28)22-15-17-35(18-22)25(37)10-5-16-31-21-6-4-7-21/h1-3,5,10-16,20,22-23,32H,4,6-9,17-19H2,(H2,31,33,34);1-3,6,9-15,20,22-23,32H,4-5,7-8,16-19H2,(H2,31,33,34);1-3,5,8-14,19,21-22,31H,4,6-7,15-18H2,(H2,30,32,33)/b12-5+;11-6+;10-5+/t2*23-;22-/m111/s1. The van der Waals surface area contributed by atoms with Crippen molar-refractivity contribution >= 4 is 68.3 Å². The molecule has 3 saturated carbocycles. The Labute approximate surface area is 673 Å². The van der Waals surface area contributed by atoms with Crippen LogP contribution in [-0.4, -0.2) is 169 Å². The first-order valence-electron chi connectivity index (χ1n) is 40.5. The summed E-state index contributed by atoms with van der Waals surface area (Å²) >= 11 is 0. The predicted octanol–water partition coefficient (Wildman–Crippen LogP) is 13.8. The summed E-state index contributed by atoms with van der Waals surface area (Å²) in [4.78, 5) is 70.5. The average molecular weight is 1560 g/mol. The van der Waals surface area contributed by atoms with E-state index >= 15 is 0 Å². The van der Waals surface area contributed by atoms with Crippen molar-refractivity contribution in [1.82, 2.24) is 89.9 Å². The third-order valence-corrected chi connectivity index (χ3v) is 22.5. The minimum Gasteiger partial charge on any atom is -0.457 e. The second-order valence-corrected chi connectivity index (χ2v) is 30.3. The number of benzene rings is 6. The van der Waals surface area contributed by atoms with Gasteiger partial charge in [-0.2, -0.15) is 15.3 Å². The number of para-hydroxylation sites is 3. The summed E-state index contributed by atoms with van der Waals surface area (Å²) < 4.78 is 23.6. The molecule has 0 bridgehead atoms. The van der Waals surface area contributed by atoms with Crippen molar-refractivity contribution in [2.24, 2.45) is 0 Å². The molecule has 3 amide bonds. The van der Waals surface area contributed by atoms with Crippen LogP contribution >= 0.6 is 0 Å². The normalized spacial score (nSPS) is 17.9. The van der Waals surface area contributed by atoms with Crippen LogP contribution in [0.2, 0.25) is 0 Å². The molecule has 6 aromatic carbocycles. The predicted molar refractivity (Wildman–Crippen MR) is 449 cm³/mol. The van der Waals surface area contributed by atoms with Crippen molar-refractivity contribution in [1.29, 1.82) is 0 Å². The Balaban J connectivity index is 0.000000131. The van der Waals surface area contributed by atoms with Crippen LogP contribution in [0.25, 0.3) is 66.9 Å². The number of hydrogen-bond acceptors (Lipinski definition) is 21. The zero-order valence-corrected chi connectivity index (χ0v) is 64.9. The minimum absolute atomic E-state index is 0.00422. The number of ether oxygens (including phenoxy) is 3. The molecule has 9 N–H and O–H groups in total. The Bertz CT molecular complexity index is 5430. The maximum absolute atomic E-state index is 12.9. The molecular formula is C89H97N21O6. The van der Waals surface area contributed by atoms with Gasteiger partial charge in [0.1, 0.15) is 88.0 Å². The van der Waals surface area contributed by atoms with Gasteiger partial charge in [-0.3, -0.25) is 14.4 Å². The summed E-state index contributed by atoms with van der Waals surface area (Å²) in [5.74, 6) is 5.77.